The van der Waals surface area contributed by atoms with E-state index in [1.165, 1.54) is 32.6 Å². The van der Waals surface area contributed by atoms with Crippen LogP contribution in [0.4, 0.5) is 5.69 Å². The van der Waals surface area contributed by atoms with E-state index in [1.54, 1.807) is 6.20 Å². The molecule has 0 saturated carbocycles. The fraction of sp³-hybridized carbons (Fsp3) is 0.667. The molecule has 1 aromatic rings. The zero-order valence-corrected chi connectivity index (χ0v) is 12.2. The van der Waals surface area contributed by atoms with Crippen LogP contribution in [0, 0.1) is 0 Å². The molecule has 2 rings (SSSR count). The summed E-state index contributed by atoms with van der Waals surface area (Å²) in [4.78, 5) is 9.49. The summed E-state index contributed by atoms with van der Waals surface area (Å²) in [5, 5.41) is 0. The first kappa shape index (κ1) is 14.3. The Hall–Kier alpha value is -1.13. The van der Waals surface area contributed by atoms with Crippen molar-refractivity contribution in [2.75, 3.05) is 38.5 Å². The van der Waals surface area contributed by atoms with Crippen molar-refractivity contribution in [1.29, 1.82) is 0 Å². The Morgan fingerprint density at radius 3 is 2.58 bits per heavy atom. The molecule has 4 heteroatoms. The zero-order chi connectivity index (χ0) is 13.7. The highest BCUT2D eigenvalue weighted by atomic mass is 15.3. The van der Waals surface area contributed by atoms with Crippen LogP contribution in [0.1, 0.15) is 26.0 Å². The Balaban J connectivity index is 1.72. The number of nitrogen functional groups attached to an aromatic ring is 1. The van der Waals surface area contributed by atoms with E-state index in [0.29, 0.717) is 0 Å². The van der Waals surface area contributed by atoms with Crippen LogP contribution in [-0.2, 0) is 6.42 Å². The molecule has 1 saturated heterocycles. The summed E-state index contributed by atoms with van der Waals surface area (Å²) in [5.41, 5.74) is 7.52. The normalized spacial score (nSPS) is 19.5. The van der Waals surface area contributed by atoms with Gasteiger partial charge in [0.25, 0.3) is 0 Å². The lowest BCUT2D eigenvalue weighted by Gasteiger charge is -2.37. The molecule has 0 amide bonds. The minimum absolute atomic E-state index is 0.723. The number of rotatable bonds is 5. The van der Waals surface area contributed by atoms with Crippen LogP contribution in [0.25, 0.3) is 0 Å². The van der Waals surface area contributed by atoms with Crippen molar-refractivity contribution in [3.8, 4) is 0 Å². The van der Waals surface area contributed by atoms with E-state index in [0.717, 1.165) is 30.4 Å². The van der Waals surface area contributed by atoms with Crippen LogP contribution in [0.3, 0.4) is 0 Å². The summed E-state index contributed by atoms with van der Waals surface area (Å²) in [6, 6.07) is 4.69. The maximum absolute atomic E-state index is 5.64. The second-order valence-corrected chi connectivity index (χ2v) is 5.47. The summed E-state index contributed by atoms with van der Waals surface area (Å²) >= 11 is 0. The van der Waals surface area contributed by atoms with Crippen molar-refractivity contribution in [2.45, 2.75) is 32.7 Å². The van der Waals surface area contributed by atoms with Gasteiger partial charge in [0, 0.05) is 50.9 Å². The van der Waals surface area contributed by atoms with Gasteiger partial charge >= 0.3 is 0 Å². The molecule has 0 bridgehead atoms. The van der Waals surface area contributed by atoms with Crippen LogP contribution >= 0.6 is 0 Å². The number of pyridine rings is 1. The lowest BCUT2D eigenvalue weighted by Crippen LogP contribution is -2.49. The van der Waals surface area contributed by atoms with E-state index >= 15 is 0 Å². The first-order valence-corrected chi connectivity index (χ1v) is 7.36. The van der Waals surface area contributed by atoms with Crippen molar-refractivity contribution in [3.05, 3.63) is 24.0 Å². The van der Waals surface area contributed by atoms with Crippen LogP contribution in [0.15, 0.2) is 18.3 Å². The summed E-state index contributed by atoms with van der Waals surface area (Å²) in [6.07, 6.45) is 4.01. The Kier molecular flexibility index (Phi) is 5.16. The van der Waals surface area contributed by atoms with Crippen LogP contribution in [0.2, 0.25) is 0 Å². The molecule has 1 unspecified atom stereocenters. The fourth-order valence-electron chi connectivity index (χ4n) is 2.54. The van der Waals surface area contributed by atoms with Gasteiger partial charge in [-0.25, -0.2) is 0 Å². The fourth-order valence-corrected chi connectivity index (χ4v) is 2.54. The first-order chi connectivity index (χ1) is 9.19. The molecule has 1 aliphatic rings. The number of hydrogen-bond donors (Lipinski definition) is 1. The maximum atomic E-state index is 5.64. The molecule has 0 spiro atoms. The SMILES string of the molecule is CCC(C)N1CCN(CCc2ccc(N)cn2)CC1. The summed E-state index contributed by atoms with van der Waals surface area (Å²) in [6.45, 7) is 10.5. The molecule has 2 N–H and O–H groups in total. The average molecular weight is 262 g/mol. The first-order valence-electron chi connectivity index (χ1n) is 7.36. The highest BCUT2D eigenvalue weighted by molar-refractivity contribution is 5.34. The number of aromatic nitrogens is 1. The van der Waals surface area contributed by atoms with Crippen molar-refractivity contribution in [1.82, 2.24) is 14.8 Å². The van der Waals surface area contributed by atoms with E-state index < -0.39 is 0 Å². The predicted molar refractivity (Wildman–Crippen MR) is 80.1 cm³/mol. The minimum atomic E-state index is 0.723. The number of nitrogens with zero attached hydrogens (tertiary/aromatic N) is 3. The number of piperazine rings is 1. The molecule has 0 aromatic carbocycles. The number of anilines is 1. The van der Waals surface area contributed by atoms with Crippen molar-refractivity contribution in [2.24, 2.45) is 0 Å². The summed E-state index contributed by atoms with van der Waals surface area (Å²) < 4.78 is 0. The summed E-state index contributed by atoms with van der Waals surface area (Å²) in [5.74, 6) is 0. The Bertz CT molecular complexity index is 368. The molecule has 0 aliphatic carbocycles. The highest BCUT2D eigenvalue weighted by Crippen LogP contribution is 2.09. The molecule has 1 atom stereocenters. The van der Waals surface area contributed by atoms with Crippen molar-refractivity contribution in [3.63, 3.8) is 0 Å². The topological polar surface area (TPSA) is 45.4 Å². The Morgan fingerprint density at radius 2 is 2.00 bits per heavy atom. The quantitative estimate of drug-likeness (QED) is 0.876. The van der Waals surface area contributed by atoms with Crippen LogP contribution in [0.5, 0.6) is 0 Å². The molecular weight excluding hydrogens is 236 g/mol. The zero-order valence-electron chi connectivity index (χ0n) is 12.2. The van der Waals surface area contributed by atoms with Crippen molar-refractivity contribution < 1.29 is 0 Å². The second kappa shape index (κ2) is 6.87. The molecule has 19 heavy (non-hydrogen) atoms. The third-order valence-electron chi connectivity index (χ3n) is 4.15. The average Bonchev–Trinajstić information content (AvgIpc) is 2.46. The van der Waals surface area contributed by atoms with Crippen LogP contribution < -0.4 is 5.73 Å². The van der Waals surface area contributed by atoms with Gasteiger partial charge in [-0.15, -0.1) is 0 Å². The molecule has 1 aromatic heterocycles. The number of nitrogens with two attached hydrogens (primary N) is 1. The van der Waals surface area contributed by atoms with Gasteiger partial charge in [0.15, 0.2) is 0 Å². The van der Waals surface area contributed by atoms with Crippen LogP contribution in [-0.4, -0.2) is 53.5 Å². The summed E-state index contributed by atoms with van der Waals surface area (Å²) in [7, 11) is 0. The highest BCUT2D eigenvalue weighted by Gasteiger charge is 2.19. The third-order valence-corrected chi connectivity index (χ3v) is 4.15. The number of hydrogen-bond acceptors (Lipinski definition) is 4. The molecule has 1 aliphatic heterocycles. The predicted octanol–water partition coefficient (Wildman–Crippen LogP) is 1.62. The minimum Gasteiger partial charge on any atom is -0.397 e. The molecule has 2 heterocycles. The molecule has 4 nitrogen and oxygen atoms in total. The van der Waals surface area contributed by atoms with E-state index in [-0.39, 0.29) is 0 Å². The van der Waals surface area contributed by atoms with E-state index in [9.17, 15) is 0 Å². The van der Waals surface area contributed by atoms with Gasteiger partial charge in [0.05, 0.1) is 11.9 Å². The van der Waals surface area contributed by atoms with Gasteiger partial charge in [-0.2, -0.15) is 0 Å². The molecule has 1 fully saturated rings. The van der Waals surface area contributed by atoms with Gasteiger partial charge in [0.2, 0.25) is 0 Å². The van der Waals surface area contributed by atoms with E-state index in [4.69, 9.17) is 5.73 Å². The Labute approximate surface area is 116 Å². The van der Waals surface area contributed by atoms with Gasteiger partial charge < -0.3 is 10.6 Å². The van der Waals surface area contributed by atoms with Gasteiger partial charge in [-0.05, 0) is 25.5 Å². The van der Waals surface area contributed by atoms with Gasteiger partial charge in [-0.3, -0.25) is 9.88 Å². The monoisotopic (exact) mass is 262 g/mol. The van der Waals surface area contributed by atoms with Gasteiger partial charge in [-0.1, -0.05) is 6.92 Å². The van der Waals surface area contributed by atoms with E-state index in [2.05, 4.69) is 28.6 Å². The molecule has 106 valence electrons. The van der Waals surface area contributed by atoms with Gasteiger partial charge in [0.1, 0.15) is 0 Å². The largest absolute Gasteiger partial charge is 0.397 e. The second-order valence-electron chi connectivity index (χ2n) is 5.47. The molecular formula is C15H26N4. The third kappa shape index (κ3) is 4.18. The lowest BCUT2D eigenvalue weighted by molar-refractivity contribution is 0.101. The lowest BCUT2D eigenvalue weighted by atomic mass is 10.2. The molecule has 0 radical (unpaired) electrons. The maximum Gasteiger partial charge on any atom is 0.0501 e. The standard InChI is InChI=1S/C15H26N4/c1-3-13(2)19-10-8-18(9-11-19)7-6-15-5-4-14(16)12-17-15/h4-5,12-13H,3,6-11,16H2,1-2H3. The van der Waals surface area contributed by atoms with Crippen molar-refractivity contribution >= 4 is 5.69 Å². The Morgan fingerprint density at radius 1 is 1.26 bits per heavy atom. The van der Waals surface area contributed by atoms with E-state index in [1.807, 2.05) is 12.1 Å². The smallest absolute Gasteiger partial charge is 0.0501 e.